The van der Waals surface area contributed by atoms with Crippen molar-refractivity contribution in [2.24, 2.45) is 5.92 Å². The van der Waals surface area contributed by atoms with Crippen molar-refractivity contribution in [3.63, 3.8) is 0 Å². The first-order valence-corrected chi connectivity index (χ1v) is 8.91. The molecule has 2 aliphatic heterocycles. The number of hydrogen-bond donors (Lipinski definition) is 2. The maximum atomic E-state index is 12.3. The van der Waals surface area contributed by atoms with Crippen molar-refractivity contribution in [1.29, 1.82) is 0 Å². The lowest BCUT2D eigenvalue weighted by molar-refractivity contribution is -0.122. The van der Waals surface area contributed by atoms with E-state index in [2.05, 4.69) is 21.6 Å². The maximum absolute atomic E-state index is 12.3. The van der Waals surface area contributed by atoms with Gasteiger partial charge in [0.1, 0.15) is 13.2 Å². The Balaban J connectivity index is 1.25. The molecule has 2 heterocycles. The molecule has 1 aliphatic carbocycles. The molecule has 1 aromatic carbocycles. The summed E-state index contributed by atoms with van der Waals surface area (Å²) in [4.78, 5) is 14.7. The van der Waals surface area contributed by atoms with Crippen LogP contribution in [0, 0.1) is 5.92 Å². The van der Waals surface area contributed by atoms with Gasteiger partial charge in [0.05, 0.1) is 0 Å². The molecule has 0 aromatic heterocycles. The molecular formula is C18H25N3O3. The van der Waals surface area contributed by atoms with E-state index in [1.165, 1.54) is 5.56 Å². The number of piperazine rings is 1. The maximum Gasteiger partial charge on any atom is 0.223 e. The molecule has 24 heavy (non-hydrogen) atoms. The molecule has 2 N–H and O–H groups in total. The zero-order valence-corrected chi connectivity index (χ0v) is 13.9. The van der Waals surface area contributed by atoms with Crippen molar-refractivity contribution < 1.29 is 14.3 Å². The number of nitrogens with zero attached hydrogens (tertiary/aromatic N) is 1. The van der Waals surface area contributed by atoms with Crippen LogP contribution >= 0.6 is 0 Å². The zero-order chi connectivity index (χ0) is 16.4. The van der Waals surface area contributed by atoms with E-state index in [1.807, 2.05) is 12.1 Å². The lowest BCUT2D eigenvalue weighted by Gasteiger charge is -2.27. The van der Waals surface area contributed by atoms with Crippen LogP contribution in [0.4, 0.5) is 0 Å². The summed E-state index contributed by atoms with van der Waals surface area (Å²) in [5.74, 6) is 2.23. The SMILES string of the molecule is O=C(NCCN1CCNCC1)C1CC1c1ccc2c(c1)OCCO2. The van der Waals surface area contributed by atoms with Crippen LogP contribution in [0.2, 0.25) is 0 Å². The summed E-state index contributed by atoms with van der Waals surface area (Å²) in [6.07, 6.45) is 0.930. The van der Waals surface area contributed by atoms with Gasteiger partial charge in [-0.25, -0.2) is 0 Å². The molecule has 3 aliphatic rings. The lowest BCUT2D eigenvalue weighted by Crippen LogP contribution is -2.46. The number of fused-ring (bicyclic) bond motifs is 1. The summed E-state index contributed by atoms with van der Waals surface area (Å²) in [5, 5.41) is 6.44. The molecule has 4 rings (SSSR count). The van der Waals surface area contributed by atoms with Crippen LogP contribution in [0.15, 0.2) is 18.2 Å². The lowest BCUT2D eigenvalue weighted by atomic mass is 10.1. The molecule has 0 spiro atoms. The Morgan fingerprint density at radius 2 is 2.00 bits per heavy atom. The van der Waals surface area contributed by atoms with Gasteiger partial charge in [0.15, 0.2) is 11.5 Å². The Hall–Kier alpha value is -1.79. The average molecular weight is 331 g/mol. The Bertz CT molecular complexity index is 601. The Labute approximate surface area is 142 Å². The van der Waals surface area contributed by atoms with Gasteiger partial charge in [0.25, 0.3) is 0 Å². The molecule has 0 bridgehead atoms. The van der Waals surface area contributed by atoms with Crippen molar-refractivity contribution in [2.45, 2.75) is 12.3 Å². The second-order valence-corrected chi connectivity index (χ2v) is 6.73. The Morgan fingerprint density at radius 1 is 1.21 bits per heavy atom. The van der Waals surface area contributed by atoms with E-state index in [1.54, 1.807) is 0 Å². The van der Waals surface area contributed by atoms with Gasteiger partial charge in [-0.1, -0.05) is 6.07 Å². The highest BCUT2D eigenvalue weighted by atomic mass is 16.6. The summed E-state index contributed by atoms with van der Waals surface area (Å²) < 4.78 is 11.2. The van der Waals surface area contributed by atoms with Crippen LogP contribution < -0.4 is 20.1 Å². The zero-order valence-electron chi connectivity index (χ0n) is 13.9. The number of benzene rings is 1. The molecule has 1 aromatic rings. The minimum atomic E-state index is 0.107. The third-order valence-corrected chi connectivity index (χ3v) is 5.06. The van der Waals surface area contributed by atoms with E-state index < -0.39 is 0 Å². The molecule has 1 saturated carbocycles. The third kappa shape index (κ3) is 3.49. The minimum Gasteiger partial charge on any atom is -0.486 e. The molecule has 1 saturated heterocycles. The van der Waals surface area contributed by atoms with Crippen LogP contribution in [-0.2, 0) is 4.79 Å². The monoisotopic (exact) mass is 331 g/mol. The molecule has 2 unspecified atom stereocenters. The smallest absolute Gasteiger partial charge is 0.223 e. The van der Waals surface area contributed by atoms with Crippen LogP contribution in [0.1, 0.15) is 17.9 Å². The standard InChI is InChI=1S/C18H25N3O3/c22-18(20-5-8-21-6-3-19-4-7-21)15-12-14(15)13-1-2-16-17(11-13)24-10-9-23-16/h1-2,11,14-15,19H,3-10,12H2,(H,20,22). The van der Waals surface area contributed by atoms with Crippen LogP contribution in [0.5, 0.6) is 11.5 Å². The van der Waals surface area contributed by atoms with E-state index in [-0.39, 0.29) is 11.8 Å². The summed E-state index contributed by atoms with van der Waals surface area (Å²) in [6, 6.07) is 6.06. The fourth-order valence-corrected chi connectivity index (χ4v) is 3.55. The topological polar surface area (TPSA) is 62.8 Å². The number of amides is 1. The predicted molar refractivity (Wildman–Crippen MR) is 90.6 cm³/mol. The molecule has 6 nitrogen and oxygen atoms in total. The molecular weight excluding hydrogens is 306 g/mol. The van der Waals surface area contributed by atoms with Crippen molar-refractivity contribution in [3.05, 3.63) is 23.8 Å². The van der Waals surface area contributed by atoms with Crippen molar-refractivity contribution >= 4 is 5.91 Å². The van der Waals surface area contributed by atoms with Crippen molar-refractivity contribution in [2.75, 3.05) is 52.5 Å². The molecule has 0 radical (unpaired) electrons. The highest BCUT2D eigenvalue weighted by Gasteiger charge is 2.44. The quantitative estimate of drug-likeness (QED) is 0.827. The number of rotatable bonds is 5. The molecule has 130 valence electrons. The van der Waals surface area contributed by atoms with E-state index in [9.17, 15) is 4.79 Å². The second kappa shape index (κ2) is 6.99. The first-order valence-electron chi connectivity index (χ1n) is 8.91. The molecule has 2 fully saturated rings. The van der Waals surface area contributed by atoms with Gasteiger partial charge in [0.2, 0.25) is 5.91 Å². The Kier molecular flexibility index (Phi) is 4.58. The number of ether oxygens (including phenoxy) is 2. The van der Waals surface area contributed by atoms with Crippen molar-refractivity contribution in [1.82, 2.24) is 15.5 Å². The van der Waals surface area contributed by atoms with Crippen LogP contribution in [0.3, 0.4) is 0 Å². The Morgan fingerprint density at radius 3 is 2.83 bits per heavy atom. The van der Waals surface area contributed by atoms with Crippen molar-refractivity contribution in [3.8, 4) is 11.5 Å². The summed E-state index contributed by atoms with van der Waals surface area (Å²) in [6.45, 7) is 7.10. The fraction of sp³-hybridized carbons (Fsp3) is 0.611. The van der Waals surface area contributed by atoms with Gasteiger partial charge in [-0.2, -0.15) is 0 Å². The van der Waals surface area contributed by atoms with Gasteiger partial charge < -0.3 is 20.1 Å². The van der Waals surface area contributed by atoms with Gasteiger partial charge in [0, 0.05) is 45.2 Å². The number of carbonyl (C=O) groups is 1. The first-order chi connectivity index (χ1) is 11.8. The summed E-state index contributed by atoms with van der Waals surface area (Å²) >= 11 is 0. The van der Waals surface area contributed by atoms with E-state index >= 15 is 0 Å². The highest BCUT2D eigenvalue weighted by molar-refractivity contribution is 5.83. The van der Waals surface area contributed by atoms with Gasteiger partial charge in [-0.3, -0.25) is 9.69 Å². The molecule has 2 atom stereocenters. The largest absolute Gasteiger partial charge is 0.486 e. The minimum absolute atomic E-state index is 0.107. The third-order valence-electron chi connectivity index (χ3n) is 5.06. The fourth-order valence-electron chi connectivity index (χ4n) is 3.55. The average Bonchev–Trinajstić information content (AvgIpc) is 3.43. The highest BCUT2D eigenvalue weighted by Crippen LogP contribution is 2.49. The van der Waals surface area contributed by atoms with Gasteiger partial charge >= 0.3 is 0 Å². The number of nitrogens with one attached hydrogen (secondary N) is 2. The van der Waals surface area contributed by atoms with Crippen LogP contribution in [0.25, 0.3) is 0 Å². The van der Waals surface area contributed by atoms with Crippen LogP contribution in [-0.4, -0.2) is 63.3 Å². The van der Waals surface area contributed by atoms with E-state index in [4.69, 9.17) is 9.47 Å². The summed E-state index contributed by atoms with van der Waals surface area (Å²) in [5.41, 5.74) is 1.18. The van der Waals surface area contributed by atoms with Gasteiger partial charge in [-0.15, -0.1) is 0 Å². The molecule has 1 amide bonds. The van der Waals surface area contributed by atoms with Gasteiger partial charge in [-0.05, 0) is 30.0 Å². The molecule has 6 heteroatoms. The number of hydrogen-bond acceptors (Lipinski definition) is 5. The van der Waals surface area contributed by atoms with E-state index in [0.717, 1.165) is 57.2 Å². The summed E-state index contributed by atoms with van der Waals surface area (Å²) in [7, 11) is 0. The normalized spacial score (nSPS) is 26.0. The van der Waals surface area contributed by atoms with E-state index in [0.29, 0.717) is 19.1 Å². The predicted octanol–water partition coefficient (Wildman–Crippen LogP) is 0.583. The second-order valence-electron chi connectivity index (χ2n) is 6.73. The number of carbonyl (C=O) groups excluding carboxylic acids is 1. The first kappa shape index (κ1) is 15.7.